The Kier molecular flexibility index (Phi) is 4.15. The third-order valence-electron chi connectivity index (χ3n) is 3.90. The van der Waals surface area contributed by atoms with E-state index >= 15 is 0 Å². The van der Waals surface area contributed by atoms with Crippen LogP contribution in [0, 0.1) is 0 Å². The summed E-state index contributed by atoms with van der Waals surface area (Å²) in [6, 6.07) is 2.51. The van der Waals surface area contributed by atoms with Gasteiger partial charge in [0.1, 0.15) is 11.5 Å². The van der Waals surface area contributed by atoms with Crippen LogP contribution < -0.4 is 4.90 Å². The Morgan fingerprint density at radius 2 is 1.76 bits per heavy atom. The first-order valence-electron chi connectivity index (χ1n) is 7.02. The molecule has 0 N–H and O–H groups in total. The summed E-state index contributed by atoms with van der Waals surface area (Å²) < 4.78 is 0. The van der Waals surface area contributed by atoms with Gasteiger partial charge in [-0.05, 0) is 19.9 Å². The highest BCUT2D eigenvalue weighted by Gasteiger charge is 2.21. The van der Waals surface area contributed by atoms with Crippen molar-refractivity contribution in [2.24, 2.45) is 0 Å². The molecule has 1 aliphatic heterocycles. The molecule has 1 fully saturated rings. The number of halogens is 2. The maximum atomic E-state index is 6.32. The van der Waals surface area contributed by atoms with Crippen LogP contribution in [0.15, 0.2) is 12.4 Å². The Labute approximate surface area is 133 Å². The molecule has 0 bridgehead atoms. The summed E-state index contributed by atoms with van der Waals surface area (Å²) >= 11 is 12.4. The molecule has 0 spiro atoms. The average molecular weight is 326 g/mol. The number of hydrogen-bond donors (Lipinski definition) is 0. The van der Waals surface area contributed by atoms with Crippen LogP contribution in [-0.4, -0.2) is 52.1 Å². The highest BCUT2D eigenvalue weighted by molar-refractivity contribution is 6.35. The summed E-state index contributed by atoms with van der Waals surface area (Å²) in [6.45, 7) is 8.33. The monoisotopic (exact) mass is 325 g/mol. The Hall–Kier alpha value is -1.17. The van der Waals surface area contributed by atoms with E-state index in [4.69, 9.17) is 23.2 Å². The van der Waals surface area contributed by atoms with Crippen molar-refractivity contribution in [3.8, 4) is 0 Å². The predicted octanol–water partition coefficient (Wildman–Crippen LogP) is 2.86. The molecular weight excluding hydrogens is 309 g/mol. The van der Waals surface area contributed by atoms with Gasteiger partial charge in [-0.1, -0.05) is 23.2 Å². The SMILES string of the molecule is CC(C)N1CCN(c2cc3c(Cl)ncnc3nc2Cl)CC1. The highest BCUT2D eigenvalue weighted by Crippen LogP contribution is 2.30. The van der Waals surface area contributed by atoms with E-state index in [9.17, 15) is 0 Å². The molecule has 0 aromatic carbocycles. The molecule has 0 unspecified atom stereocenters. The van der Waals surface area contributed by atoms with E-state index in [2.05, 4.69) is 38.6 Å². The van der Waals surface area contributed by atoms with Crippen LogP contribution >= 0.6 is 23.2 Å². The van der Waals surface area contributed by atoms with Gasteiger partial charge in [0.05, 0.1) is 11.1 Å². The van der Waals surface area contributed by atoms with Gasteiger partial charge >= 0.3 is 0 Å². The maximum absolute atomic E-state index is 6.32. The highest BCUT2D eigenvalue weighted by atomic mass is 35.5. The minimum atomic E-state index is 0.409. The molecule has 0 radical (unpaired) electrons. The third kappa shape index (κ3) is 2.91. The van der Waals surface area contributed by atoms with Gasteiger partial charge in [0.25, 0.3) is 0 Å². The van der Waals surface area contributed by atoms with Gasteiger partial charge in [-0.2, -0.15) is 0 Å². The molecule has 0 atom stereocenters. The molecule has 0 saturated carbocycles. The van der Waals surface area contributed by atoms with Gasteiger partial charge in [-0.15, -0.1) is 0 Å². The summed E-state index contributed by atoms with van der Waals surface area (Å²) in [7, 11) is 0. The van der Waals surface area contributed by atoms with Gasteiger partial charge in [-0.3, -0.25) is 4.90 Å². The molecule has 3 heterocycles. The van der Waals surface area contributed by atoms with E-state index in [0.29, 0.717) is 22.0 Å². The van der Waals surface area contributed by atoms with Gasteiger partial charge in [0.15, 0.2) is 10.8 Å². The van der Waals surface area contributed by atoms with E-state index in [1.165, 1.54) is 6.33 Å². The number of nitrogens with zero attached hydrogens (tertiary/aromatic N) is 5. The molecule has 5 nitrogen and oxygen atoms in total. The number of rotatable bonds is 2. The van der Waals surface area contributed by atoms with Crippen LogP contribution in [0.1, 0.15) is 13.8 Å². The standard InChI is InChI=1S/C14H17Cl2N5/c1-9(2)20-3-5-21(6-4-20)11-7-10-12(15)17-8-18-14(10)19-13(11)16/h7-9H,3-6H2,1-2H3. The van der Waals surface area contributed by atoms with Crippen molar-refractivity contribution < 1.29 is 0 Å². The van der Waals surface area contributed by atoms with E-state index in [0.717, 1.165) is 37.3 Å². The minimum absolute atomic E-state index is 0.409. The molecule has 21 heavy (non-hydrogen) atoms. The van der Waals surface area contributed by atoms with E-state index < -0.39 is 0 Å². The number of piperazine rings is 1. The number of anilines is 1. The lowest BCUT2D eigenvalue weighted by molar-refractivity contribution is 0.209. The van der Waals surface area contributed by atoms with Crippen LogP contribution in [0.5, 0.6) is 0 Å². The van der Waals surface area contributed by atoms with Crippen molar-refractivity contribution in [1.82, 2.24) is 19.9 Å². The zero-order chi connectivity index (χ0) is 15.0. The first kappa shape index (κ1) is 14.8. The van der Waals surface area contributed by atoms with Crippen molar-refractivity contribution in [3.63, 3.8) is 0 Å². The predicted molar refractivity (Wildman–Crippen MR) is 86.3 cm³/mol. The van der Waals surface area contributed by atoms with Crippen LogP contribution in [0.2, 0.25) is 10.3 Å². The average Bonchev–Trinajstić information content (AvgIpc) is 2.47. The van der Waals surface area contributed by atoms with Crippen molar-refractivity contribution in [2.75, 3.05) is 31.1 Å². The summed E-state index contributed by atoms with van der Waals surface area (Å²) in [4.78, 5) is 17.2. The molecule has 2 aromatic rings. The summed E-state index contributed by atoms with van der Waals surface area (Å²) in [5.41, 5.74) is 1.44. The van der Waals surface area contributed by atoms with Crippen LogP contribution in [0.25, 0.3) is 11.0 Å². The zero-order valence-corrected chi connectivity index (χ0v) is 13.6. The molecule has 0 amide bonds. The Morgan fingerprint density at radius 1 is 1.05 bits per heavy atom. The number of fused-ring (bicyclic) bond motifs is 1. The number of aromatic nitrogens is 3. The number of pyridine rings is 1. The molecule has 1 aliphatic rings. The van der Waals surface area contributed by atoms with Gasteiger partial charge in [-0.25, -0.2) is 15.0 Å². The van der Waals surface area contributed by atoms with Crippen molar-refractivity contribution >= 4 is 39.9 Å². The number of hydrogen-bond acceptors (Lipinski definition) is 5. The van der Waals surface area contributed by atoms with Crippen molar-refractivity contribution in [1.29, 1.82) is 0 Å². The Bertz CT molecular complexity index is 653. The van der Waals surface area contributed by atoms with Crippen LogP contribution in [0.4, 0.5) is 5.69 Å². The van der Waals surface area contributed by atoms with Crippen LogP contribution in [-0.2, 0) is 0 Å². The lowest BCUT2D eigenvalue weighted by atomic mass is 10.2. The second-order valence-electron chi connectivity index (χ2n) is 5.45. The van der Waals surface area contributed by atoms with Gasteiger partial charge in [0.2, 0.25) is 0 Å². The molecular formula is C14H17Cl2N5. The van der Waals surface area contributed by atoms with E-state index in [-0.39, 0.29) is 0 Å². The summed E-state index contributed by atoms with van der Waals surface area (Å²) in [5, 5.41) is 1.62. The fraction of sp³-hybridized carbons (Fsp3) is 0.500. The largest absolute Gasteiger partial charge is 0.366 e. The second kappa shape index (κ2) is 5.91. The quantitative estimate of drug-likeness (QED) is 0.627. The van der Waals surface area contributed by atoms with Gasteiger partial charge in [0, 0.05) is 32.2 Å². The zero-order valence-electron chi connectivity index (χ0n) is 12.1. The smallest absolute Gasteiger partial charge is 0.165 e. The maximum Gasteiger partial charge on any atom is 0.165 e. The fourth-order valence-electron chi connectivity index (χ4n) is 2.63. The van der Waals surface area contributed by atoms with Crippen molar-refractivity contribution in [3.05, 3.63) is 22.7 Å². The van der Waals surface area contributed by atoms with Gasteiger partial charge < -0.3 is 4.90 Å². The third-order valence-corrected chi connectivity index (χ3v) is 4.48. The lowest BCUT2D eigenvalue weighted by Gasteiger charge is -2.38. The molecule has 3 rings (SSSR count). The molecule has 0 aliphatic carbocycles. The first-order valence-corrected chi connectivity index (χ1v) is 7.77. The Morgan fingerprint density at radius 3 is 2.43 bits per heavy atom. The molecule has 7 heteroatoms. The van der Waals surface area contributed by atoms with E-state index in [1.807, 2.05) is 6.07 Å². The summed E-state index contributed by atoms with van der Waals surface area (Å²) in [5.74, 6) is 0. The lowest BCUT2D eigenvalue weighted by Crippen LogP contribution is -2.49. The molecule has 2 aromatic heterocycles. The molecule has 112 valence electrons. The fourth-order valence-corrected chi connectivity index (χ4v) is 3.06. The second-order valence-corrected chi connectivity index (χ2v) is 6.17. The van der Waals surface area contributed by atoms with Crippen molar-refractivity contribution in [2.45, 2.75) is 19.9 Å². The van der Waals surface area contributed by atoms with E-state index in [1.54, 1.807) is 0 Å². The first-order chi connectivity index (χ1) is 10.1. The normalized spacial score (nSPS) is 16.9. The summed E-state index contributed by atoms with van der Waals surface area (Å²) in [6.07, 6.45) is 1.40. The van der Waals surface area contributed by atoms with Crippen LogP contribution in [0.3, 0.4) is 0 Å². The minimum Gasteiger partial charge on any atom is -0.366 e. The Balaban J connectivity index is 1.91. The molecule has 1 saturated heterocycles. The topological polar surface area (TPSA) is 45.2 Å².